The highest BCUT2D eigenvalue weighted by Crippen LogP contribution is 2.35. The number of benzene rings is 1. The third-order valence-corrected chi connectivity index (χ3v) is 7.28. The Bertz CT molecular complexity index is 916. The number of ether oxygens (including phenoxy) is 3. The van der Waals surface area contributed by atoms with Crippen molar-refractivity contribution in [3.63, 3.8) is 0 Å². The van der Waals surface area contributed by atoms with Crippen LogP contribution in [-0.2, 0) is 16.0 Å². The first-order chi connectivity index (χ1) is 16.1. The van der Waals surface area contributed by atoms with Gasteiger partial charge in [-0.25, -0.2) is 0 Å². The zero-order valence-electron chi connectivity index (χ0n) is 19.4. The molecule has 7 nitrogen and oxygen atoms in total. The SMILES string of the molecule is COCC(O)CN(CC(=O)N1CCc2sccc2C1COc1ccccc1OC)CC1CC1. The molecule has 2 unspecified atom stereocenters. The van der Waals surface area contributed by atoms with Gasteiger partial charge in [0.1, 0.15) is 6.61 Å². The summed E-state index contributed by atoms with van der Waals surface area (Å²) in [5.41, 5.74) is 1.17. The van der Waals surface area contributed by atoms with Crippen LogP contribution < -0.4 is 9.47 Å². The smallest absolute Gasteiger partial charge is 0.237 e. The van der Waals surface area contributed by atoms with Crippen molar-refractivity contribution in [3.8, 4) is 11.5 Å². The molecule has 2 aliphatic rings. The summed E-state index contributed by atoms with van der Waals surface area (Å²) in [5.74, 6) is 2.06. The molecule has 1 aliphatic carbocycles. The van der Waals surface area contributed by atoms with E-state index in [1.807, 2.05) is 29.2 Å². The van der Waals surface area contributed by atoms with Gasteiger partial charge in [-0.1, -0.05) is 12.1 Å². The molecule has 1 aromatic heterocycles. The van der Waals surface area contributed by atoms with Crippen molar-refractivity contribution in [1.82, 2.24) is 9.80 Å². The fourth-order valence-corrected chi connectivity index (χ4v) is 5.40. The van der Waals surface area contributed by atoms with Crippen molar-refractivity contribution in [2.45, 2.75) is 31.4 Å². The summed E-state index contributed by atoms with van der Waals surface area (Å²) >= 11 is 1.74. The van der Waals surface area contributed by atoms with Crippen LogP contribution in [0.5, 0.6) is 11.5 Å². The Morgan fingerprint density at radius 3 is 2.76 bits per heavy atom. The Hall–Kier alpha value is -2.13. The van der Waals surface area contributed by atoms with Crippen LogP contribution in [0.15, 0.2) is 35.7 Å². The lowest BCUT2D eigenvalue weighted by Crippen LogP contribution is -2.48. The first-order valence-corrected chi connectivity index (χ1v) is 12.5. The Labute approximate surface area is 199 Å². The maximum absolute atomic E-state index is 13.5. The molecule has 0 radical (unpaired) electrons. The molecule has 180 valence electrons. The van der Waals surface area contributed by atoms with E-state index in [1.54, 1.807) is 25.6 Å². The second-order valence-electron chi connectivity index (χ2n) is 8.86. The Kier molecular flexibility index (Phi) is 8.25. The average Bonchev–Trinajstić information content (AvgIpc) is 3.49. The van der Waals surface area contributed by atoms with Gasteiger partial charge >= 0.3 is 0 Å². The number of aliphatic hydroxyl groups excluding tert-OH is 1. The monoisotopic (exact) mass is 474 g/mol. The molecule has 1 N–H and O–H groups in total. The summed E-state index contributed by atoms with van der Waals surface area (Å²) < 4.78 is 16.7. The number of thiophene rings is 1. The number of hydrogen-bond acceptors (Lipinski definition) is 7. The van der Waals surface area contributed by atoms with E-state index in [4.69, 9.17) is 14.2 Å². The molecule has 0 spiro atoms. The molecule has 1 saturated carbocycles. The van der Waals surface area contributed by atoms with E-state index in [0.29, 0.717) is 43.7 Å². The van der Waals surface area contributed by atoms with E-state index in [2.05, 4.69) is 16.3 Å². The van der Waals surface area contributed by atoms with Crippen LogP contribution in [0.2, 0.25) is 0 Å². The Balaban J connectivity index is 1.47. The number of rotatable bonds is 12. The lowest BCUT2D eigenvalue weighted by molar-refractivity contribution is -0.136. The van der Waals surface area contributed by atoms with Gasteiger partial charge in [0.15, 0.2) is 11.5 Å². The van der Waals surface area contributed by atoms with Gasteiger partial charge < -0.3 is 24.2 Å². The van der Waals surface area contributed by atoms with Crippen molar-refractivity contribution < 1.29 is 24.1 Å². The van der Waals surface area contributed by atoms with E-state index < -0.39 is 6.10 Å². The minimum absolute atomic E-state index is 0.0748. The van der Waals surface area contributed by atoms with E-state index in [1.165, 1.54) is 23.3 Å². The largest absolute Gasteiger partial charge is 0.493 e. The number of nitrogens with zero attached hydrogens (tertiary/aromatic N) is 2. The number of aliphatic hydroxyl groups is 1. The molecule has 2 aromatic rings. The quantitative estimate of drug-likeness (QED) is 0.510. The van der Waals surface area contributed by atoms with Gasteiger partial charge in [0, 0.05) is 31.6 Å². The number of carbonyl (C=O) groups excluding carboxylic acids is 1. The summed E-state index contributed by atoms with van der Waals surface area (Å²) in [5, 5.41) is 12.4. The van der Waals surface area contributed by atoms with Crippen molar-refractivity contribution in [1.29, 1.82) is 0 Å². The van der Waals surface area contributed by atoms with Crippen molar-refractivity contribution >= 4 is 17.2 Å². The topological polar surface area (TPSA) is 71.5 Å². The maximum atomic E-state index is 13.5. The molecule has 1 amide bonds. The second-order valence-corrected chi connectivity index (χ2v) is 9.86. The fraction of sp³-hybridized carbons (Fsp3) is 0.560. The molecule has 8 heteroatoms. The van der Waals surface area contributed by atoms with Crippen LogP contribution in [0.1, 0.15) is 29.3 Å². The fourth-order valence-electron chi connectivity index (χ4n) is 4.48. The van der Waals surface area contributed by atoms with Crippen LogP contribution >= 0.6 is 11.3 Å². The van der Waals surface area contributed by atoms with Crippen molar-refractivity contribution in [2.24, 2.45) is 5.92 Å². The van der Waals surface area contributed by atoms with Crippen LogP contribution in [-0.4, -0.2) is 80.5 Å². The summed E-state index contributed by atoms with van der Waals surface area (Å²) in [7, 11) is 3.21. The van der Waals surface area contributed by atoms with Gasteiger partial charge in [0.2, 0.25) is 5.91 Å². The molecule has 0 bridgehead atoms. The van der Waals surface area contributed by atoms with E-state index >= 15 is 0 Å². The zero-order chi connectivity index (χ0) is 23.2. The highest BCUT2D eigenvalue weighted by atomic mass is 32.1. The van der Waals surface area contributed by atoms with Gasteiger partial charge in [-0.15, -0.1) is 11.3 Å². The number of amides is 1. The molecule has 2 atom stereocenters. The summed E-state index contributed by atoms with van der Waals surface area (Å²) in [6.07, 6.45) is 2.65. The third-order valence-electron chi connectivity index (χ3n) is 6.28. The van der Waals surface area contributed by atoms with Crippen molar-refractivity contribution in [3.05, 3.63) is 46.2 Å². The molecule has 0 saturated heterocycles. The molecule has 1 aliphatic heterocycles. The molecule has 2 heterocycles. The minimum Gasteiger partial charge on any atom is -0.493 e. The summed E-state index contributed by atoms with van der Waals surface area (Å²) in [6.45, 7) is 2.88. The van der Waals surface area contributed by atoms with Crippen molar-refractivity contribution in [2.75, 3.05) is 53.6 Å². The number of methoxy groups -OCH3 is 2. The van der Waals surface area contributed by atoms with Crippen LogP contribution in [0.4, 0.5) is 0 Å². The Morgan fingerprint density at radius 1 is 1.24 bits per heavy atom. The number of fused-ring (bicyclic) bond motifs is 1. The van der Waals surface area contributed by atoms with Gasteiger partial charge in [0.25, 0.3) is 0 Å². The molecule has 4 rings (SSSR count). The first kappa shape index (κ1) is 24.0. The lowest BCUT2D eigenvalue weighted by Gasteiger charge is -2.37. The normalized spacial score (nSPS) is 18.8. The van der Waals surface area contributed by atoms with E-state index in [9.17, 15) is 9.90 Å². The minimum atomic E-state index is -0.601. The molecule has 1 fully saturated rings. The van der Waals surface area contributed by atoms with E-state index in [-0.39, 0.29) is 18.6 Å². The van der Waals surface area contributed by atoms with Crippen LogP contribution in [0, 0.1) is 5.92 Å². The molecular weight excluding hydrogens is 440 g/mol. The predicted molar refractivity (Wildman–Crippen MR) is 128 cm³/mol. The van der Waals surface area contributed by atoms with Gasteiger partial charge in [-0.3, -0.25) is 9.69 Å². The van der Waals surface area contributed by atoms with Gasteiger partial charge in [-0.05, 0) is 54.3 Å². The van der Waals surface area contributed by atoms with Crippen LogP contribution in [0.3, 0.4) is 0 Å². The molecular formula is C25H34N2O5S. The number of para-hydroxylation sites is 2. The van der Waals surface area contributed by atoms with Gasteiger partial charge in [0.05, 0.1) is 32.4 Å². The standard InChI is InChI=1S/C25H34N2O5S/c1-30-16-19(28)14-26(13-18-7-8-18)15-25(29)27-11-9-24-20(10-12-33-24)21(27)17-32-23-6-4-3-5-22(23)31-2/h3-6,10,12,18-19,21,28H,7-9,11,13-17H2,1-2H3. The maximum Gasteiger partial charge on any atom is 0.237 e. The highest BCUT2D eigenvalue weighted by Gasteiger charge is 2.34. The molecule has 1 aromatic carbocycles. The number of hydrogen-bond donors (Lipinski definition) is 1. The zero-order valence-corrected chi connectivity index (χ0v) is 20.3. The van der Waals surface area contributed by atoms with Crippen LogP contribution in [0.25, 0.3) is 0 Å². The highest BCUT2D eigenvalue weighted by molar-refractivity contribution is 7.10. The first-order valence-electron chi connectivity index (χ1n) is 11.6. The third kappa shape index (κ3) is 6.26. The second kappa shape index (κ2) is 11.3. The summed E-state index contributed by atoms with van der Waals surface area (Å²) in [4.78, 5) is 18.9. The van der Waals surface area contributed by atoms with E-state index in [0.717, 1.165) is 13.0 Å². The predicted octanol–water partition coefficient (Wildman–Crippen LogP) is 2.98. The molecule has 33 heavy (non-hydrogen) atoms. The Morgan fingerprint density at radius 2 is 2.03 bits per heavy atom. The summed E-state index contributed by atoms with van der Waals surface area (Å²) in [6, 6.07) is 9.54. The number of carbonyl (C=O) groups is 1. The average molecular weight is 475 g/mol. The van der Waals surface area contributed by atoms with Gasteiger partial charge in [-0.2, -0.15) is 0 Å². The lowest BCUT2D eigenvalue weighted by atomic mass is 10.0.